The van der Waals surface area contributed by atoms with Crippen LogP contribution in [-0.4, -0.2) is 216 Å². The minimum atomic E-state index is -4.75. The summed E-state index contributed by atoms with van der Waals surface area (Å²) in [6.45, 7) is 6.89. The Hall–Kier alpha value is -7.31. The Morgan fingerprint density at radius 2 is 1.27 bits per heavy atom. The fraction of sp³-hybridized carbons (Fsp3) is 0.641. The summed E-state index contributed by atoms with van der Waals surface area (Å²) < 4.78 is 41.3. The number of carbonyl (C=O) groups excluding carboxylic acids is 11. The molecule has 2 aromatic carbocycles. The smallest absolute Gasteiger partial charge is 0.351 e. The van der Waals surface area contributed by atoms with Gasteiger partial charge in [0.15, 0.2) is 0 Å². The van der Waals surface area contributed by atoms with Crippen LogP contribution in [0.1, 0.15) is 133 Å². The maximum Gasteiger partial charge on any atom is 0.417 e. The summed E-state index contributed by atoms with van der Waals surface area (Å²) >= 11 is 6.11. The molecule has 2 aromatic rings. The molecule has 4 fully saturated rings. The van der Waals surface area contributed by atoms with E-state index < -0.39 is 155 Å². The van der Waals surface area contributed by atoms with E-state index in [9.17, 15) is 56.3 Å². The fourth-order valence-corrected chi connectivity index (χ4v) is 12.9. The summed E-state index contributed by atoms with van der Waals surface area (Å²) in [5.74, 6) is -7.75. The summed E-state index contributed by atoms with van der Waals surface area (Å²) in [7, 11) is 8.39. The largest absolute Gasteiger partial charge is 0.417 e. The summed E-state index contributed by atoms with van der Waals surface area (Å²) in [6, 6.07) is 2.47. The zero-order chi connectivity index (χ0) is 66.7. The molecule has 0 radical (unpaired) electrons. The Morgan fingerprint density at radius 3 is 1.88 bits per heavy atom. The molecule has 0 bridgehead atoms. The van der Waals surface area contributed by atoms with Gasteiger partial charge in [-0.25, -0.2) is 0 Å². The molecule has 11 amide bonds. The number of hydrogen-bond acceptors (Lipinski definition) is 11. The highest BCUT2D eigenvalue weighted by atomic mass is 35.5. The van der Waals surface area contributed by atoms with Gasteiger partial charge in [-0.2, -0.15) is 13.2 Å². The number of amides is 11. The second kappa shape index (κ2) is 31.1. The molecule has 1 spiro atoms. The molecule has 2 heterocycles. The van der Waals surface area contributed by atoms with Crippen LogP contribution in [0.5, 0.6) is 0 Å². The highest BCUT2D eigenvalue weighted by molar-refractivity contribution is 6.31. The monoisotopic (exact) mass is 1280 g/mol. The van der Waals surface area contributed by atoms with Crippen molar-refractivity contribution in [3.05, 3.63) is 69.7 Å². The zero-order valence-electron chi connectivity index (χ0n) is 53.8. The van der Waals surface area contributed by atoms with Crippen molar-refractivity contribution in [2.45, 2.75) is 185 Å². The second-order valence-electron chi connectivity index (χ2n) is 25.4. The van der Waals surface area contributed by atoms with E-state index in [1.54, 1.807) is 26.0 Å². The van der Waals surface area contributed by atoms with Crippen LogP contribution >= 0.6 is 11.6 Å². The fourth-order valence-electron chi connectivity index (χ4n) is 12.6. The van der Waals surface area contributed by atoms with Crippen molar-refractivity contribution in [1.82, 2.24) is 55.6 Å². The number of hydrogen-bond donors (Lipinski definition) is 4. The van der Waals surface area contributed by atoms with Crippen molar-refractivity contribution >= 4 is 76.6 Å². The van der Waals surface area contributed by atoms with Crippen LogP contribution in [-0.2, 0) is 71.8 Å². The number of halogens is 4. The van der Waals surface area contributed by atoms with E-state index in [4.69, 9.17) is 11.6 Å². The molecule has 2 aliphatic carbocycles. The molecule has 90 heavy (non-hydrogen) atoms. The Labute approximate surface area is 531 Å². The third kappa shape index (κ3) is 17.8. The number of rotatable bonds is 8. The summed E-state index contributed by atoms with van der Waals surface area (Å²) in [5, 5.41) is 10.9. The maximum absolute atomic E-state index is 15.2. The van der Waals surface area contributed by atoms with Crippen molar-refractivity contribution < 1.29 is 65.9 Å². The van der Waals surface area contributed by atoms with Crippen molar-refractivity contribution in [3.63, 3.8) is 0 Å². The number of benzene rings is 2. The van der Waals surface area contributed by atoms with Crippen molar-refractivity contribution in [2.75, 3.05) is 68.5 Å². The van der Waals surface area contributed by atoms with Crippen molar-refractivity contribution in [3.8, 4) is 0 Å². The van der Waals surface area contributed by atoms with Gasteiger partial charge >= 0.3 is 6.18 Å². The summed E-state index contributed by atoms with van der Waals surface area (Å²) in [6.07, 6.45) is 0.0553. The first-order valence-electron chi connectivity index (χ1n) is 31.2. The van der Waals surface area contributed by atoms with Gasteiger partial charge in [-0.3, -0.25) is 52.7 Å². The SMILES string of the molecule is CC[C@H](C)[C@@H]1NC(=O)[C@H](C)N(C)C(=O)C[C@@H](C)NC(=O)[C@H](C2CCCC2)N(C)C(=O)C2(CCCC2)NC(=O)C2CCCN2C(=O)[C@H](CCc2ccc(C(F)(F)F)c(Cl)c2)NC(=O)CN(C)C(=O)[C@H](Cc2ccc(C)cc2)N(C)C(=O)CN(C)C(=O)CN(C)C1=O. The van der Waals surface area contributed by atoms with Crippen LogP contribution < -0.4 is 21.3 Å². The van der Waals surface area contributed by atoms with E-state index in [-0.39, 0.29) is 57.4 Å². The zero-order valence-corrected chi connectivity index (χ0v) is 54.6. The van der Waals surface area contributed by atoms with Gasteiger partial charge in [0.25, 0.3) is 0 Å². The maximum atomic E-state index is 15.2. The first-order chi connectivity index (χ1) is 42.3. The van der Waals surface area contributed by atoms with Gasteiger partial charge in [0, 0.05) is 67.7 Å². The Kier molecular flexibility index (Phi) is 24.8. The van der Waals surface area contributed by atoms with Gasteiger partial charge in [-0.1, -0.05) is 93.4 Å². The van der Waals surface area contributed by atoms with Crippen LogP contribution in [0.2, 0.25) is 5.02 Å². The van der Waals surface area contributed by atoms with Crippen LogP contribution in [0.15, 0.2) is 42.5 Å². The molecule has 22 nitrogen and oxygen atoms in total. The van der Waals surface area contributed by atoms with E-state index >= 15 is 9.59 Å². The molecule has 2 saturated carbocycles. The minimum absolute atomic E-state index is 0.0402. The molecular formula is C64H91ClF3N11O11. The van der Waals surface area contributed by atoms with Crippen LogP contribution in [0.4, 0.5) is 13.2 Å². The Morgan fingerprint density at radius 1 is 0.656 bits per heavy atom. The van der Waals surface area contributed by atoms with Gasteiger partial charge in [0.1, 0.15) is 41.8 Å². The average Bonchev–Trinajstić information content (AvgIpc) is 1.55. The highest BCUT2D eigenvalue weighted by Crippen LogP contribution is 2.38. The number of carbonyl (C=O) groups is 11. The molecule has 0 aromatic heterocycles. The lowest BCUT2D eigenvalue weighted by Gasteiger charge is -2.40. The minimum Gasteiger partial charge on any atom is -0.351 e. The van der Waals surface area contributed by atoms with Gasteiger partial charge in [0.05, 0.1) is 30.2 Å². The number of alkyl halides is 3. The third-order valence-electron chi connectivity index (χ3n) is 18.6. The molecule has 6 rings (SSSR count). The predicted octanol–water partition coefficient (Wildman–Crippen LogP) is 4.25. The lowest BCUT2D eigenvalue weighted by Crippen LogP contribution is -2.64. The van der Waals surface area contributed by atoms with Crippen LogP contribution in [0, 0.1) is 18.8 Å². The molecule has 4 aliphatic rings. The molecular weight excluding hydrogens is 1190 g/mol. The van der Waals surface area contributed by atoms with E-state index in [0.717, 1.165) is 50.1 Å². The number of aryl methyl sites for hydroxylation is 2. The van der Waals surface area contributed by atoms with E-state index in [1.807, 2.05) is 26.0 Å². The average molecular weight is 1280 g/mol. The van der Waals surface area contributed by atoms with Gasteiger partial charge < -0.3 is 55.6 Å². The topological polar surface area (TPSA) is 259 Å². The Balaban J connectivity index is 1.36. The number of nitrogens with zero attached hydrogens (tertiary/aromatic N) is 7. The quantitative estimate of drug-likeness (QED) is 0.291. The normalized spacial score (nSPS) is 26.0. The number of fused-ring (bicyclic) bond motifs is 1. The Bertz CT molecular complexity index is 2980. The molecule has 2 aliphatic heterocycles. The van der Waals surface area contributed by atoms with Gasteiger partial charge in [-0.15, -0.1) is 0 Å². The first kappa shape index (κ1) is 71.8. The molecule has 2 saturated heterocycles. The number of nitrogens with one attached hydrogen (secondary N) is 4. The molecule has 8 atom stereocenters. The first-order valence-corrected chi connectivity index (χ1v) is 31.6. The van der Waals surface area contributed by atoms with E-state index in [0.29, 0.717) is 49.7 Å². The van der Waals surface area contributed by atoms with Gasteiger partial charge in [-0.05, 0) is 107 Å². The van der Waals surface area contributed by atoms with Crippen molar-refractivity contribution in [1.29, 1.82) is 0 Å². The summed E-state index contributed by atoms with van der Waals surface area (Å²) in [4.78, 5) is 167. The molecule has 496 valence electrons. The molecule has 1 unspecified atom stereocenters. The number of likely N-dealkylation sites (N-methyl/N-ethyl adjacent to an activating group) is 6. The van der Waals surface area contributed by atoms with Gasteiger partial charge in [0.2, 0.25) is 65.0 Å². The highest BCUT2D eigenvalue weighted by Gasteiger charge is 2.50. The van der Waals surface area contributed by atoms with E-state index in [2.05, 4.69) is 21.3 Å². The second-order valence-corrected chi connectivity index (χ2v) is 25.8. The van der Waals surface area contributed by atoms with E-state index in [1.165, 1.54) is 70.0 Å². The lowest BCUT2D eigenvalue weighted by atomic mass is 9.90. The predicted molar refractivity (Wildman–Crippen MR) is 329 cm³/mol. The summed E-state index contributed by atoms with van der Waals surface area (Å²) in [5.41, 5.74) is -0.688. The standard InChI is InChI=1S/C64H91ClF3N11O11/c1-12-39(3)54-61(89)75(8)36-52(82)73(6)37-53(83)77(10)49(34-43-23-21-38(2)22-24-43)60(88)74(7)35-50(80)70-47(28-26-42-25-27-45(46(65)33-42)64(66,67)68)59(87)79-31-17-20-48(79)57(85)72-63(29-15-16-30-63)62(90)78(11)55(44-18-13-14-19-44)58(86)69-40(4)32-51(81)76(9)41(5)56(84)71-54/h21-25,27,33,39-41,44,47-49,54-55H,12-20,26,28-32,34-37H2,1-11H3,(H,69,86)(H,70,80)(H,71,84)(H,72,85)/t39-,40+,41-,47-,48?,49-,54-,55-/m0/s1. The lowest BCUT2D eigenvalue weighted by molar-refractivity contribution is -0.149. The van der Waals surface area contributed by atoms with Crippen molar-refractivity contribution in [2.24, 2.45) is 11.8 Å². The third-order valence-corrected chi connectivity index (χ3v) is 18.9. The van der Waals surface area contributed by atoms with Crippen LogP contribution in [0.3, 0.4) is 0 Å². The molecule has 4 N–H and O–H groups in total. The van der Waals surface area contributed by atoms with Crippen LogP contribution in [0.25, 0.3) is 0 Å². The molecule has 26 heteroatoms.